The van der Waals surface area contributed by atoms with Crippen molar-refractivity contribution < 1.29 is 53.0 Å². The van der Waals surface area contributed by atoms with Crippen LogP contribution in [0.3, 0.4) is 0 Å². The molecule has 3 fully saturated rings. The number of carboxylic acid groups (broad SMARTS) is 1. The van der Waals surface area contributed by atoms with E-state index in [1.54, 1.807) is 62.4 Å². The quantitative estimate of drug-likeness (QED) is 0.112. The Labute approximate surface area is 435 Å². The fourth-order valence-electron chi connectivity index (χ4n) is 9.42. The number of nitrogens with two attached hydrogens (primary N) is 1. The first-order valence-electron chi connectivity index (χ1n) is 25.6. The molecule has 2 aliphatic heterocycles. The van der Waals surface area contributed by atoms with E-state index in [1.807, 2.05) is 26.8 Å². The molecule has 5 rings (SSSR count). The number of likely N-dealkylation sites (tertiary alicyclic amines) is 1. The Morgan fingerprint density at radius 1 is 0.781 bits per heavy atom. The maximum atomic E-state index is 14.9. The standard InChI is InChI=1S/C52H74N8O11S2/c1-6-31(4)43-48(66)54-36(26-33-16-11-9-12-17-33)46(64)59-44(32(5)7-2)49(67)55-37(28-41(53)61)45(63)57-39(30-72-73-52(29-42(62)58-43)23-13-10-14-24-52)50(68)60-25-15-18-40(60)47(65)56-38(51(69)70)27-34-19-21-35(22-20-34)71-8-3/h9,11-12,16-17,19-22,31-32,36-40,43-44H,6-8,10,13-15,18,23-30H2,1-5H3,(H2,53,61)(H,54,66)(H,55,67)(H,56,65)(H,57,63)(H,58,62)(H,59,64)(H,69,70)/t31-,32+,36+,37?,38+,39?,40+,43?,44+/m1/s1. The molecule has 1 saturated carbocycles. The van der Waals surface area contributed by atoms with Gasteiger partial charge in [-0.05, 0) is 67.7 Å². The second kappa shape index (κ2) is 28.0. The Morgan fingerprint density at radius 3 is 2.00 bits per heavy atom. The van der Waals surface area contributed by atoms with Crippen LogP contribution < -0.4 is 42.4 Å². The van der Waals surface area contributed by atoms with Crippen LogP contribution in [0.5, 0.6) is 5.75 Å². The van der Waals surface area contributed by atoms with Gasteiger partial charge in [-0.25, -0.2) is 4.79 Å². The van der Waals surface area contributed by atoms with Gasteiger partial charge in [-0.15, -0.1) is 0 Å². The van der Waals surface area contributed by atoms with Crippen molar-refractivity contribution in [2.24, 2.45) is 17.6 Å². The van der Waals surface area contributed by atoms with Crippen molar-refractivity contribution in [3.63, 3.8) is 0 Å². The number of hydrogen-bond donors (Lipinski definition) is 8. The average molecular weight is 1050 g/mol. The molecular weight excluding hydrogens is 977 g/mol. The van der Waals surface area contributed by atoms with E-state index in [9.17, 15) is 48.3 Å². The van der Waals surface area contributed by atoms with Crippen molar-refractivity contribution in [2.75, 3.05) is 18.9 Å². The molecular formula is C52H74N8O11S2. The number of nitrogens with zero attached hydrogens (tertiary/aromatic N) is 1. The number of carbonyl (C=O) groups excluding carboxylic acids is 8. The van der Waals surface area contributed by atoms with Gasteiger partial charge in [-0.1, -0.05) is 124 Å². The average Bonchev–Trinajstić information content (AvgIpc) is 3.87. The smallest absolute Gasteiger partial charge is 0.326 e. The van der Waals surface area contributed by atoms with Crippen molar-refractivity contribution in [2.45, 2.75) is 165 Å². The number of ether oxygens (including phenoxy) is 1. The molecule has 9 N–H and O–H groups in total. The van der Waals surface area contributed by atoms with Gasteiger partial charge >= 0.3 is 5.97 Å². The second-order valence-electron chi connectivity index (χ2n) is 19.5. The summed E-state index contributed by atoms with van der Waals surface area (Å²) in [5.74, 6) is -7.31. The van der Waals surface area contributed by atoms with E-state index in [4.69, 9.17) is 10.5 Å². The van der Waals surface area contributed by atoms with Crippen molar-refractivity contribution >= 4 is 74.8 Å². The zero-order valence-corrected chi connectivity index (χ0v) is 44.2. The molecule has 3 aliphatic rings. The fourth-order valence-corrected chi connectivity index (χ4v) is 12.8. The monoisotopic (exact) mass is 1050 g/mol. The van der Waals surface area contributed by atoms with E-state index in [0.29, 0.717) is 55.6 Å². The van der Waals surface area contributed by atoms with Gasteiger partial charge in [0.25, 0.3) is 0 Å². The number of nitrogens with one attached hydrogen (secondary N) is 6. The largest absolute Gasteiger partial charge is 0.494 e. The molecule has 0 aromatic heterocycles. The molecule has 19 nitrogen and oxygen atoms in total. The highest BCUT2D eigenvalue weighted by atomic mass is 33.1. The van der Waals surface area contributed by atoms with Gasteiger partial charge < -0.3 is 52.4 Å². The second-order valence-corrected chi connectivity index (χ2v) is 22.3. The summed E-state index contributed by atoms with van der Waals surface area (Å²) in [6.07, 6.45) is 4.72. The number of hydrogen-bond acceptors (Lipinski definition) is 12. The third-order valence-corrected chi connectivity index (χ3v) is 17.3. The molecule has 21 heteroatoms. The Balaban J connectivity index is 1.49. The lowest BCUT2D eigenvalue weighted by Crippen LogP contribution is -2.62. The minimum absolute atomic E-state index is 0.0306. The van der Waals surface area contributed by atoms with E-state index in [1.165, 1.54) is 26.5 Å². The summed E-state index contributed by atoms with van der Waals surface area (Å²) in [5, 5.41) is 26.8. The molecule has 3 unspecified atom stereocenters. The summed E-state index contributed by atoms with van der Waals surface area (Å²) >= 11 is 0. The van der Waals surface area contributed by atoms with Gasteiger partial charge in [-0.3, -0.25) is 38.4 Å². The van der Waals surface area contributed by atoms with Crippen LogP contribution in [0, 0.1) is 11.8 Å². The third-order valence-electron chi connectivity index (χ3n) is 14.0. The minimum Gasteiger partial charge on any atom is -0.494 e. The zero-order valence-electron chi connectivity index (χ0n) is 42.6. The zero-order chi connectivity index (χ0) is 53.2. The SMILES string of the molecule is CCOc1ccc(C[C@H](NC(=O)[C@@H]2CCCN2C(=O)C2CSSC3(CCCCC3)CC(=O)NC([C@H](C)CC)C(=O)N[C@@H](Cc3ccccc3)C(=O)N[C@@H]([C@@H](C)CC)C(=O)NC(CC(N)=O)C(=O)N2)C(=O)O)cc1. The highest BCUT2D eigenvalue weighted by Crippen LogP contribution is 2.48. The Kier molecular flexibility index (Phi) is 22.3. The molecule has 8 amide bonds. The van der Waals surface area contributed by atoms with Gasteiger partial charge in [-0.2, -0.15) is 0 Å². The number of carbonyl (C=O) groups is 9. The molecule has 2 heterocycles. The first kappa shape index (κ1) is 58.1. The maximum absolute atomic E-state index is 14.9. The number of amides is 8. The summed E-state index contributed by atoms with van der Waals surface area (Å²) in [5.41, 5.74) is 7.00. The van der Waals surface area contributed by atoms with Crippen LogP contribution >= 0.6 is 21.6 Å². The first-order valence-corrected chi connectivity index (χ1v) is 27.9. The molecule has 1 spiro atoms. The molecule has 1 aliphatic carbocycles. The van der Waals surface area contributed by atoms with Gasteiger partial charge in [0.15, 0.2) is 0 Å². The summed E-state index contributed by atoms with van der Waals surface area (Å²) in [7, 11) is 2.66. The van der Waals surface area contributed by atoms with Gasteiger partial charge in [0.05, 0.1) is 13.0 Å². The van der Waals surface area contributed by atoms with E-state index >= 15 is 0 Å². The molecule has 2 saturated heterocycles. The molecule has 9 atom stereocenters. The number of benzene rings is 2. The highest BCUT2D eigenvalue weighted by molar-refractivity contribution is 8.77. The van der Waals surface area contributed by atoms with E-state index in [2.05, 4.69) is 31.9 Å². The number of aliphatic carboxylic acids is 1. The lowest BCUT2D eigenvalue weighted by atomic mass is 9.85. The lowest BCUT2D eigenvalue weighted by Gasteiger charge is -2.37. The summed E-state index contributed by atoms with van der Waals surface area (Å²) < 4.78 is 4.85. The summed E-state index contributed by atoms with van der Waals surface area (Å²) in [6, 6.07) is 6.92. The molecule has 0 radical (unpaired) electrons. The fraction of sp³-hybridized carbons (Fsp3) is 0.596. The van der Waals surface area contributed by atoms with Crippen LogP contribution in [0.1, 0.15) is 116 Å². The first-order chi connectivity index (χ1) is 34.9. The van der Waals surface area contributed by atoms with E-state index in [-0.39, 0.29) is 49.8 Å². The van der Waals surface area contributed by atoms with Crippen molar-refractivity contribution in [3.05, 3.63) is 65.7 Å². The summed E-state index contributed by atoms with van der Waals surface area (Å²) in [4.78, 5) is 127. The van der Waals surface area contributed by atoms with Crippen molar-refractivity contribution in [3.8, 4) is 5.75 Å². The van der Waals surface area contributed by atoms with Crippen molar-refractivity contribution in [1.82, 2.24) is 36.8 Å². The predicted molar refractivity (Wildman–Crippen MR) is 279 cm³/mol. The predicted octanol–water partition coefficient (Wildman–Crippen LogP) is 3.31. The third kappa shape index (κ3) is 16.8. The van der Waals surface area contributed by atoms with E-state index < -0.39 is 107 Å². The Hall–Kier alpha value is -5.83. The van der Waals surface area contributed by atoms with Gasteiger partial charge in [0.1, 0.15) is 48.0 Å². The highest BCUT2D eigenvalue weighted by Gasteiger charge is 2.43. The van der Waals surface area contributed by atoms with Crippen LogP contribution in [0.2, 0.25) is 0 Å². The topological polar surface area (TPSA) is 285 Å². The van der Waals surface area contributed by atoms with Crippen LogP contribution in [0.4, 0.5) is 0 Å². The van der Waals surface area contributed by atoms with Crippen molar-refractivity contribution in [1.29, 1.82) is 0 Å². The lowest BCUT2D eigenvalue weighted by molar-refractivity contribution is -0.144. The number of carboxylic acids is 1. The summed E-state index contributed by atoms with van der Waals surface area (Å²) in [6.45, 7) is 9.66. The molecule has 2 aromatic rings. The molecule has 400 valence electrons. The van der Waals surface area contributed by atoms with Crippen LogP contribution in [0.15, 0.2) is 54.6 Å². The minimum atomic E-state index is -1.62. The Bertz CT molecular complexity index is 2250. The molecule has 0 bridgehead atoms. The maximum Gasteiger partial charge on any atom is 0.326 e. The molecule has 2 aromatic carbocycles. The normalized spacial score (nSPS) is 24.8. The van der Waals surface area contributed by atoms with Crippen LogP contribution in [0.25, 0.3) is 0 Å². The van der Waals surface area contributed by atoms with Crippen LogP contribution in [-0.2, 0) is 56.0 Å². The van der Waals surface area contributed by atoms with E-state index in [0.717, 1.165) is 19.3 Å². The molecule has 73 heavy (non-hydrogen) atoms. The number of rotatable bonds is 16. The Morgan fingerprint density at radius 2 is 1.40 bits per heavy atom. The number of primary amides is 1. The van der Waals surface area contributed by atoms with Gasteiger partial charge in [0.2, 0.25) is 47.3 Å². The van der Waals surface area contributed by atoms with Gasteiger partial charge in [0, 0.05) is 36.3 Å². The van der Waals surface area contributed by atoms with Crippen LogP contribution in [-0.4, -0.2) is 129 Å².